The van der Waals surface area contributed by atoms with E-state index in [4.69, 9.17) is 4.74 Å². The zero-order chi connectivity index (χ0) is 12.9. The molecule has 0 aliphatic heterocycles. The molecule has 0 aromatic rings. The topological polar surface area (TPSA) is 29.5 Å². The summed E-state index contributed by atoms with van der Waals surface area (Å²) in [6, 6.07) is -0.132. The molecular formula is C13H27NO2. The number of ether oxygens (including phenoxy) is 1. The van der Waals surface area contributed by atoms with E-state index < -0.39 is 0 Å². The molecule has 0 heterocycles. The number of nitrogens with zero attached hydrogens (tertiary/aromatic N) is 1. The Hall–Kier alpha value is -0.570. The van der Waals surface area contributed by atoms with E-state index in [0.29, 0.717) is 12.5 Å². The molecule has 0 rings (SSSR count). The van der Waals surface area contributed by atoms with Crippen LogP contribution in [-0.2, 0) is 9.53 Å². The van der Waals surface area contributed by atoms with Crippen LogP contribution < -0.4 is 0 Å². The summed E-state index contributed by atoms with van der Waals surface area (Å²) in [6.45, 7) is 10.9. The second-order valence-corrected chi connectivity index (χ2v) is 5.96. The van der Waals surface area contributed by atoms with E-state index in [1.165, 1.54) is 0 Å². The smallest absolute Gasteiger partial charge is 0.323 e. The van der Waals surface area contributed by atoms with E-state index in [2.05, 4.69) is 34.6 Å². The molecule has 0 radical (unpaired) electrons. The van der Waals surface area contributed by atoms with Crippen LogP contribution >= 0.6 is 0 Å². The zero-order valence-electron chi connectivity index (χ0n) is 11.8. The largest absolute Gasteiger partial charge is 0.464 e. The molecule has 0 saturated heterocycles. The molecular weight excluding hydrogens is 202 g/mol. The third kappa shape index (κ3) is 5.50. The maximum Gasteiger partial charge on any atom is 0.323 e. The SMILES string of the molecule is CCC(C)C(C(=O)OCC(C)(C)C)N(C)C. The lowest BCUT2D eigenvalue weighted by molar-refractivity contribution is -0.153. The molecule has 0 fully saturated rings. The number of esters is 1. The van der Waals surface area contributed by atoms with Crippen molar-refractivity contribution < 1.29 is 9.53 Å². The average molecular weight is 229 g/mol. The van der Waals surface area contributed by atoms with Crippen LogP contribution in [0.4, 0.5) is 0 Å². The monoisotopic (exact) mass is 229 g/mol. The minimum Gasteiger partial charge on any atom is -0.464 e. The first-order valence-electron chi connectivity index (χ1n) is 6.02. The van der Waals surface area contributed by atoms with Crippen LogP contribution in [0.5, 0.6) is 0 Å². The Bertz CT molecular complexity index is 218. The molecule has 0 aliphatic rings. The van der Waals surface area contributed by atoms with Crippen molar-refractivity contribution >= 4 is 5.97 Å². The zero-order valence-corrected chi connectivity index (χ0v) is 11.8. The van der Waals surface area contributed by atoms with Crippen molar-refractivity contribution in [3.63, 3.8) is 0 Å². The molecule has 0 amide bonds. The van der Waals surface area contributed by atoms with E-state index in [-0.39, 0.29) is 17.4 Å². The first-order chi connectivity index (χ1) is 7.19. The van der Waals surface area contributed by atoms with Gasteiger partial charge in [0.15, 0.2) is 0 Å². The molecule has 0 aromatic carbocycles. The fourth-order valence-corrected chi connectivity index (χ4v) is 1.55. The number of rotatable bonds is 5. The lowest BCUT2D eigenvalue weighted by Crippen LogP contribution is -2.42. The maximum atomic E-state index is 12.0. The second kappa shape index (κ2) is 6.24. The molecule has 0 bridgehead atoms. The van der Waals surface area contributed by atoms with Crippen molar-refractivity contribution in [1.82, 2.24) is 4.90 Å². The first kappa shape index (κ1) is 15.4. The number of hydrogen-bond acceptors (Lipinski definition) is 3. The normalized spacial score (nSPS) is 16.0. The number of hydrogen-bond donors (Lipinski definition) is 0. The van der Waals surface area contributed by atoms with Crippen molar-refractivity contribution in [2.75, 3.05) is 20.7 Å². The Labute approximate surface area is 100 Å². The third-order valence-corrected chi connectivity index (χ3v) is 2.63. The van der Waals surface area contributed by atoms with Gasteiger partial charge >= 0.3 is 5.97 Å². The highest BCUT2D eigenvalue weighted by Gasteiger charge is 2.28. The summed E-state index contributed by atoms with van der Waals surface area (Å²) < 4.78 is 5.37. The van der Waals surface area contributed by atoms with E-state index >= 15 is 0 Å². The predicted molar refractivity (Wildman–Crippen MR) is 67.3 cm³/mol. The highest BCUT2D eigenvalue weighted by atomic mass is 16.5. The van der Waals surface area contributed by atoms with Crippen LogP contribution in [-0.4, -0.2) is 37.6 Å². The highest BCUT2D eigenvalue weighted by molar-refractivity contribution is 5.76. The van der Waals surface area contributed by atoms with Crippen LogP contribution in [0.25, 0.3) is 0 Å². The van der Waals surface area contributed by atoms with Crippen LogP contribution in [0.2, 0.25) is 0 Å². The highest BCUT2D eigenvalue weighted by Crippen LogP contribution is 2.17. The van der Waals surface area contributed by atoms with Gasteiger partial charge in [-0.15, -0.1) is 0 Å². The summed E-state index contributed by atoms with van der Waals surface area (Å²) in [7, 11) is 3.85. The second-order valence-electron chi connectivity index (χ2n) is 5.96. The van der Waals surface area contributed by atoms with Gasteiger partial charge in [0.1, 0.15) is 6.04 Å². The summed E-state index contributed by atoms with van der Waals surface area (Å²) in [5.41, 5.74) is 0.0297. The third-order valence-electron chi connectivity index (χ3n) is 2.63. The van der Waals surface area contributed by atoms with Gasteiger partial charge in [0.2, 0.25) is 0 Å². The lowest BCUT2D eigenvalue weighted by Gasteiger charge is -2.29. The quantitative estimate of drug-likeness (QED) is 0.679. The minimum absolute atomic E-state index is 0.0297. The summed E-state index contributed by atoms with van der Waals surface area (Å²) in [5, 5.41) is 0. The molecule has 16 heavy (non-hydrogen) atoms. The molecule has 3 nitrogen and oxygen atoms in total. The molecule has 0 aromatic heterocycles. The summed E-state index contributed by atoms with van der Waals surface area (Å²) >= 11 is 0. The molecule has 96 valence electrons. The number of carbonyl (C=O) groups is 1. The van der Waals surface area contributed by atoms with Crippen molar-refractivity contribution in [2.24, 2.45) is 11.3 Å². The van der Waals surface area contributed by atoms with E-state index in [0.717, 1.165) is 6.42 Å². The first-order valence-corrected chi connectivity index (χ1v) is 6.02. The molecule has 0 spiro atoms. The van der Waals surface area contributed by atoms with Crippen LogP contribution in [0.1, 0.15) is 41.0 Å². The van der Waals surface area contributed by atoms with Gasteiger partial charge in [-0.25, -0.2) is 0 Å². The van der Waals surface area contributed by atoms with Crippen LogP contribution in [0, 0.1) is 11.3 Å². The molecule has 0 N–H and O–H groups in total. The summed E-state index contributed by atoms with van der Waals surface area (Å²) in [6.07, 6.45) is 0.980. The number of likely N-dealkylation sites (N-methyl/N-ethyl adjacent to an activating group) is 1. The van der Waals surface area contributed by atoms with Gasteiger partial charge < -0.3 is 4.74 Å². The number of carbonyl (C=O) groups excluding carboxylic acids is 1. The maximum absolute atomic E-state index is 12.0. The van der Waals surface area contributed by atoms with Crippen molar-refractivity contribution in [3.8, 4) is 0 Å². The fraction of sp³-hybridized carbons (Fsp3) is 0.923. The Kier molecular flexibility index (Phi) is 6.01. The Balaban J connectivity index is 4.40. The lowest BCUT2D eigenvalue weighted by atomic mass is 9.97. The Morgan fingerprint density at radius 1 is 1.31 bits per heavy atom. The molecule has 0 saturated carbocycles. The molecule has 2 unspecified atom stereocenters. The van der Waals surface area contributed by atoms with Crippen molar-refractivity contribution in [3.05, 3.63) is 0 Å². The standard InChI is InChI=1S/C13H27NO2/c1-8-10(2)11(14(6)7)12(15)16-9-13(3,4)5/h10-11H,8-9H2,1-7H3. The summed E-state index contributed by atoms with van der Waals surface area (Å²) in [5.74, 6) is 0.219. The van der Waals surface area contributed by atoms with Gasteiger partial charge in [0.25, 0.3) is 0 Å². The predicted octanol–water partition coefficient (Wildman–Crippen LogP) is 2.55. The minimum atomic E-state index is -0.132. The van der Waals surface area contributed by atoms with Crippen molar-refractivity contribution in [1.29, 1.82) is 0 Å². The Morgan fingerprint density at radius 2 is 1.81 bits per heavy atom. The van der Waals surface area contributed by atoms with Gasteiger partial charge in [-0.1, -0.05) is 41.0 Å². The van der Waals surface area contributed by atoms with E-state index in [1.54, 1.807) is 0 Å². The fourth-order valence-electron chi connectivity index (χ4n) is 1.55. The van der Waals surface area contributed by atoms with Gasteiger partial charge in [0.05, 0.1) is 6.61 Å². The van der Waals surface area contributed by atoms with E-state index in [1.807, 2.05) is 19.0 Å². The van der Waals surface area contributed by atoms with Gasteiger partial charge in [-0.2, -0.15) is 0 Å². The van der Waals surface area contributed by atoms with Gasteiger partial charge in [-0.3, -0.25) is 9.69 Å². The van der Waals surface area contributed by atoms with Crippen LogP contribution in [0.15, 0.2) is 0 Å². The molecule has 3 heteroatoms. The van der Waals surface area contributed by atoms with Crippen molar-refractivity contribution in [2.45, 2.75) is 47.1 Å². The van der Waals surface area contributed by atoms with Gasteiger partial charge in [0, 0.05) is 0 Å². The van der Waals surface area contributed by atoms with E-state index in [9.17, 15) is 4.79 Å². The summed E-state index contributed by atoms with van der Waals surface area (Å²) in [4.78, 5) is 13.9. The molecule has 2 atom stereocenters. The Morgan fingerprint density at radius 3 is 2.12 bits per heavy atom. The van der Waals surface area contributed by atoms with Gasteiger partial charge in [-0.05, 0) is 25.4 Å². The molecule has 0 aliphatic carbocycles. The average Bonchev–Trinajstić information content (AvgIpc) is 2.13. The van der Waals surface area contributed by atoms with Crippen LogP contribution in [0.3, 0.4) is 0 Å².